The molecule has 0 aromatic heterocycles. The number of ether oxygens (including phenoxy) is 1. The normalized spacial score (nSPS) is 40.8. The molecular weight excluding hydrogens is 144 g/mol. The summed E-state index contributed by atoms with van der Waals surface area (Å²) in [6.45, 7) is 2.02. The number of hydrogen-bond acceptors (Lipinski definition) is 2. The maximum absolute atomic E-state index is 5.44. The highest BCUT2D eigenvalue weighted by Crippen LogP contribution is 2.36. The summed E-state index contributed by atoms with van der Waals surface area (Å²) in [4.78, 5) is 0. The lowest BCUT2D eigenvalue weighted by Gasteiger charge is -2.14. The van der Waals surface area contributed by atoms with Crippen molar-refractivity contribution in [2.75, 3.05) is 19.0 Å². The van der Waals surface area contributed by atoms with E-state index in [9.17, 15) is 0 Å². The Labute approximate surface area is 66.5 Å². The number of fused-ring (bicyclic) bond motifs is 2. The molecule has 0 aromatic carbocycles. The smallest absolute Gasteiger partial charge is 0.0476 e. The van der Waals surface area contributed by atoms with Gasteiger partial charge in [-0.05, 0) is 30.9 Å². The predicted molar refractivity (Wildman–Crippen MR) is 44.4 cm³/mol. The van der Waals surface area contributed by atoms with Gasteiger partial charge in [-0.2, -0.15) is 11.8 Å². The molecule has 0 aliphatic carbocycles. The Balaban J connectivity index is 1.91. The molecule has 2 fully saturated rings. The highest BCUT2D eigenvalue weighted by Gasteiger charge is 2.26. The molecule has 2 unspecified atom stereocenters. The van der Waals surface area contributed by atoms with Crippen molar-refractivity contribution in [3.8, 4) is 0 Å². The predicted octanol–water partition coefficient (Wildman–Crippen LogP) is 1.92. The van der Waals surface area contributed by atoms with Gasteiger partial charge in [0, 0.05) is 18.5 Å². The fraction of sp³-hybridized carbons (Fsp3) is 1.00. The first-order valence-corrected chi connectivity index (χ1v) is 5.19. The summed E-state index contributed by atoms with van der Waals surface area (Å²) in [7, 11) is 0. The van der Waals surface area contributed by atoms with Crippen LogP contribution in [0.1, 0.15) is 19.3 Å². The minimum atomic E-state index is 0.935. The SMILES string of the molecule is C1CC2CSC(CCO1)C2. The van der Waals surface area contributed by atoms with Crippen LogP contribution in [0.5, 0.6) is 0 Å². The van der Waals surface area contributed by atoms with E-state index in [0.717, 1.165) is 24.4 Å². The Kier molecular flexibility index (Phi) is 2.19. The monoisotopic (exact) mass is 158 g/mol. The van der Waals surface area contributed by atoms with Gasteiger partial charge in [-0.25, -0.2) is 0 Å². The molecule has 0 amide bonds. The van der Waals surface area contributed by atoms with E-state index in [4.69, 9.17) is 4.74 Å². The van der Waals surface area contributed by atoms with Gasteiger partial charge in [-0.1, -0.05) is 0 Å². The van der Waals surface area contributed by atoms with Crippen LogP contribution in [0, 0.1) is 5.92 Å². The fourth-order valence-electron chi connectivity index (χ4n) is 1.75. The van der Waals surface area contributed by atoms with Gasteiger partial charge in [0.2, 0.25) is 0 Å². The summed E-state index contributed by atoms with van der Waals surface area (Å²) in [6, 6.07) is 0. The quantitative estimate of drug-likeness (QED) is 0.532. The van der Waals surface area contributed by atoms with Crippen LogP contribution in [-0.2, 0) is 4.74 Å². The van der Waals surface area contributed by atoms with Gasteiger partial charge in [0.15, 0.2) is 0 Å². The zero-order chi connectivity index (χ0) is 6.81. The van der Waals surface area contributed by atoms with Crippen LogP contribution in [0.4, 0.5) is 0 Å². The number of rotatable bonds is 0. The van der Waals surface area contributed by atoms with Gasteiger partial charge in [-0.3, -0.25) is 0 Å². The van der Waals surface area contributed by atoms with Crippen molar-refractivity contribution in [1.82, 2.24) is 0 Å². The molecule has 0 spiro atoms. The first-order chi connectivity index (χ1) is 4.95. The van der Waals surface area contributed by atoms with E-state index < -0.39 is 0 Å². The largest absolute Gasteiger partial charge is 0.381 e. The zero-order valence-corrected chi connectivity index (χ0v) is 7.03. The molecule has 2 rings (SSSR count). The maximum atomic E-state index is 5.44. The van der Waals surface area contributed by atoms with E-state index in [1.165, 1.54) is 25.0 Å². The van der Waals surface area contributed by atoms with Gasteiger partial charge in [0.25, 0.3) is 0 Å². The molecule has 2 aliphatic rings. The molecule has 0 saturated carbocycles. The first-order valence-electron chi connectivity index (χ1n) is 4.14. The molecule has 2 saturated heterocycles. The van der Waals surface area contributed by atoms with E-state index in [0.29, 0.717) is 0 Å². The van der Waals surface area contributed by atoms with Crippen LogP contribution in [0.25, 0.3) is 0 Å². The van der Waals surface area contributed by atoms with E-state index in [2.05, 4.69) is 11.8 Å². The van der Waals surface area contributed by atoms with Crippen molar-refractivity contribution in [3.63, 3.8) is 0 Å². The second kappa shape index (κ2) is 3.14. The highest BCUT2D eigenvalue weighted by molar-refractivity contribution is 8.00. The summed E-state index contributed by atoms with van der Waals surface area (Å²) in [5.74, 6) is 2.38. The summed E-state index contributed by atoms with van der Waals surface area (Å²) in [6.07, 6.45) is 4.07. The van der Waals surface area contributed by atoms with E-state index in [1.807, 2.05) is 0 Å². The molecule has 58 valence electrons. The van der Waals surface area contributed by atoms with Crippen molar-refractivity contribution >= 4 is 11.8 Å². The van der Waals surface area contributed by atoms with Crippen molar-refractivity contribution in [3.05, 3.63) is 0 Å². The van der Waals surface area contributed by atoms with Crippen LogP contribution in [-0.4, -0.2) is 24.2 Å². The molecule has 0 aromatic rings. The van der Waals surface area contributed by atoms with Crippen LogP contribution in [0.3, 0.4) is 0 Å². The molecule has 0 N–H and O–H groups in total. The van der Waals surface area contributed by atoms with E-state index in [1.54, 1.807) is 0 Å². The van der Waals surface area contributed by atoms with Gasteiger partial charge in [-0.15, -0.1) is 0 Å². The van der Waals surface area contributed by atoms with Crippen molar-refractivity contribution < 1.29 is 4.74 Å². The van der Waals surface area contributed by atoms with Crippen LogP contribution in [0.15, 0.2) is 0 Å². The minimum absolute atomic E-state index is 0.935. The molecule has 2 atom stereocenters. The van der Waals surface area contributed by atoms with Crippen LogP contribution in [0.2, 0.25) is 0 Å². The number of hydrogen-bond donors (Lipinski definition) is 0. The summed E-state index contributed by atoms with van der Waals surface area (Å²) in [5, 5.41) is 0.935. The Morgan fingerprint density at radius 3 is 3.10 bits per heavy atom. The topological polar surface area (TPSA) is 9.23 Å². The van der Waals surface area contributed by atoms with Crippen LogP contribution < -0.4 is 0 Å². The third-order valence-corrected chi connectivity index (χ3v) is 3.98. The van der Waals surface area contributed by atoms with Gasteiger partial charge in [0.05, 0.1) is 0 Å². The third kappa shape index (κ3) is 1.48. The fourth-order valence-corrected chi connectivity index (χ4v) is 3.27. The zero-order valence-electron chi connectivity index (χ0n) is 6.21. The van der Waals surface area contributed by atoms with E-state index >= 15 is 0 Å². The first kappa shape index (κ1) is 6.99. The molecule has 1 nitrogen and oxygen atoms in total. The summed E-state index contributed by atoms with van der Waals surface area (Å²) in [5.41, 5.74) is 0. The lowest BCUT2D eigenvalue weighted by molar-refractivity contribution is 0.108. The van der Waals surface area contributed by atoms with Crippen molar-refractivity contribution in [2.45, 2.75) is 24.5 Å². The molecule has 2 heteroatoms. The molecule has 2 bridgehead atoms. The van der Waals surface area contributed by atoms with Crippen molar-refractivity contribution in [1.29, 1.82) is 0 Å². The molecule has 2 aliphatic heterocycles. The third-order valence-electron chi connectivity index (χ3n) is 2.42. The second-order valence-electron chi connectivity index (χ2n) is 3.25. The van der Waals surface area contributed by atoms with E-state index in [-0.39, 0.29) is 0 Å². The Morgan fingerprint density at radius 2 is 2.10 bits per heavy atom. The Morgan fingerprint density at radius 1 is 1.20 bits per heavy atom. The summed E-state index contributed by atoms with van der Waals surface area (Å²) < 4.78 is 5.44. The molecule has 10 heavy (non-hydrogen) atoms. The van der Waals surface area contributed by atoms with Crippen molar-refractivity contribution in [2.24, 2.45) is 5.92 Å². The Hall–Kier alpha value is 0.310. The molecular formula is C8H14OS. The Bertz CT molecular complexity index is 104. The van der Waals surface area contributed by atoms with Crippen LogP contribution >= 0.6 is 11.8 Å². The van der Waals surface area contributed by atoms with Gasteiger partial charge >= 0.3 is 0 Å². The van der Waals surface area contributed by atoms with Gasteiger partial charge < -0.3 is 4.74 Å². The average Bonchev–Trinajstić information content (AvgIpc) is 2.30. The molecule has 2 heterocycles. The lowest BCUT2D eigenvalue weighted by atomic mass is 10.0. The second-order valence-corrected chi connectivity index (χ2v) is 4.58. The minimum Gasteiger partial charge on any atom is -0.381 e. The highest BCUT2D eigenvalue weighted by atomic mass is 32.2. The maximum Gasteiger partial charge on any atom is 0.0476 e. The lowest BCUT2D eigenvalue weighted by Crippen LogP contribution is -2.12. The average molecular weight is 158 g/mol. The standard InChI is InChI=1S/C8H14OS/c1-3-9-4-2-8-5-7(1)6-10-8/h7-8H,1-6H2. The number of thioether (sulfide) groups is 1. The summed E-state index contributed by atoms with van der Waals surface area (Å²) >= 11 is 2.16. The molecule has 0 radical (unpaired) electrons. The van der Waals surface area contributed by atoms with Gasteiger partial charge in [0.1, 0.15) is 0 Å².